The largest absolute Gasteiger partial charge is 0.460 e. The molecule has 0 atom stereocenters. The normalized spacial score (nSPS) is 11.1. The smallest absolute Gasteiger partial charge is 0.134 e. The Hall–Kier alpha value is -1.58. The van der Waals surface area contributed by atoms with E-state index >= 15 is 0 Å². The molecule has 0 spiro atoms. The standard InChI is InChI=1S/C14H13NOS/c1-15-9-12-3-4-13(16-12)10-2-5-14-11(8-10)6-7-17-14/h2-8,15H,9H2,1H3. The molecular formula is C14H13NOS. The van der Waals surface area contributed by atoms with E-state index in [4.69, 9.17) is 4.42 Å². The zero-order valence-corrected chi connectivity index (χ0v) is 10.4. The molecule has 0 bridgehead atoms. The predicted octanol–water partition coefficient (Wildman–Crippen LogP) is 3.88. The van der Waals surface area contributed by atoms with Gasteiger partial charge in [0.2, 0.25) is 0 Å². The molecule has 0 aliphatic rings. The van der Waals surface area contributed by atoms with Crippen molar-refractivity contribution in [1.29, 1.82) is 0 Å². The monoisotopic (exact) mass is 243 g/mol. The average Bonchev–Trinajstić information content (AvgIpc) is 2.96. The quantitative estimate of drug-likeness (QED) is 0.755. The fourth-order valence-corrected chi connectivity index (χ4v) is 2.69. The molecule has 0 fully saturated rings. The van der Waals surface area contributed by atoms with E-state index in [9.17, 15) is 0 Å². The number of hydrogen-bond donors (Lipinski definition) is 1. The summed E-state index contributed by atoms with van der Waals surface area (Å²) >= 11 is 1.76. The highest BCUT2D eigenvalue weighted by atomic mass is 32.1. The first kappa shape index (κ1) is 10.6. The third-order valence-corrected chi connectivity index (χ3v) is 3.65. The number of nitrogens with one attached hydrogen (secondary N) is 1. The van der Waals surface area contributed by atoms with Crippen molar-refractivity contribution < 1.29 is 4.42 Å². The lowest BCUT2D eigenvalue weighted by molar-refractivity contribution is 0.507. The highest BCUT2D eigenvalue weighted by molar-refractivity contribution is 7.17. The maximum absolute atomic E-state index is 5.78. The van der Waals surface area contributed by atoms with E-state index in [-0.39, 0.29) is 0 Å². The summed E-state index contributed by atoms with van der Waals surface area (Å²) in [4.78, 5) is 0. The summed E-state index contributed by atoms with van der Waals surface area (Å²) in [6.45, 7) is 0.765. The molecule has 0 saturated carbocycles. The Morgan fingerprint density at radius 1 is 1.18 bits per heavy atom. The third kappa shape index (κ3) is 1.99. The Balaban J connectivity index is 2.00. The van der Waals surface area contributed by atoms with Crippen LogP contribution in [0.4, 0.5) is 0 Å². The van der Waals surface area contributed by atoms with Gasteiger partial charge >= 0.3 is 0 Å². The Morgan fingerprint density at radius 2 is 2.12 bits per heavy atom. The van der Waals surface area contributed by atoms with Gasteiger partial charge in [0.25, 0.3) is 0 Å². The van der Waals surface area contributed by atoms with Crippen molar-refractivity contribution in [3.63, 3.8) is 0 Å². The van der Waals surface area contributed by atoms with Crippen LogP contribution in [0, 0.1) is 0 Å². The van der Waals surface area contributed by atoms with Gasteiger partial charge < -0.3 is 9.73 Å². The van der Waals surface area contributed by atoms with Crippen LogP contribution in [0.25, 0.3) is 21.4 Å². The summed E-state index contributed by atoms with van der Waals surface area (Å²) in [5, 5.41) is 6.47. The molecule has 0 amide bonds. The first-order valence-electron chi connectivity index (χ1n) is 5.58. The van der Waals surface area contributed by atoms with Crippen LogP contribution in [0.5, 0.6) is 0 Å². The lowest BCUT2D eigenvalue weighted by atomic mass is 10.1. The SMILES string of the molecule is CNCc1ccc(-c2ccc3sccc3c2)o1. The molecule has 0 unspecified atom stereocenters. The van der Waals surface area contributed by atoms with Gasteiger partial charge in [0, 0.05) is 10.3 Å². The van der Waals surface area contributed by atoms with Crippen molar-refractivity contribution in [3.8, 4) is 11.3 Å². The first-order chi connectivity index (χ1) is 8.36. The second kappa shape index (κ2) is 4.35. The van der Waals surface area contributed by atoms with Crippen molar-refractivity contribution in [2.24, 2.45) is 0 Å². The van der Waals surface area contributed by atoms with E-state index in [1.165, 1.54) is 10.1 Å². The van der Waals surface area contributed by atoms with Crippen LogP contribution in [0.3, 0.4) is 0 Å². The molecule has 0 aliphatic carbocycles. The topological polar surface area (TPSA) is 25.2 Å². The molecule has 3 aromatic rings. The minimum Gasteiger partial charge on any atom is -0.460 e. The van der Waals surface area contributed by atoms with Crippen LogP contribution in [0.2, 0.25) is 0 Å². The van der Waals surface area contributed by atoms with Crippen LogP contribution in [-0.2, 0) is 6.54 Å². The van der Waals surface area contributed by atoms with Gasteiger partial charge in [-0.15, -0.1) is 11.3 Å². The van der Waals surface area contributed by atoms with Crippen LogP contribution in [0.1, 0.15) is 5.76 Å². The summed E-state index contributed by atoms with van der Waals surface area (Å²) < 4.78 is 7.09. The average molecular weight is 243 g/mol. The Bertz CT molecular complexity index is 638. The molecule has 17 heavy (non-hydrogen) atoms. The molecule has 86 valence electrons. The van der Waals surface area contributed by atoms with Gasteiger partial charge in [-0.3, -0.25) is 0 Å². The molecule has 0 aliphatic heterocycles. The van der Waals surface area contributed by atoms with Crippen molar-refractivity contribution in [2.45, 2.75) is 6.54 Å². The first-order valence-corrected chi connectivity index (χ1v) is 6.46. The highest BCUT2D eigenvalue weighted by Crippen LogP contribution is 2.28. The van der Waals surface area contributed by atoms with E-state index < -0.39 is 0 Å². The maximum atomic E-state index is 5.78. The molecule has 2 aromatic heterocycles. The van der Waals surface area contributed by atoms with Crippen molar-refractivity contribution in [2.75, 3.05) is 7.05 Å². The summed E-state index contributed by atoms with van der Waals surface area (Å²) in [6, 6.07) is 12.6. The minimum absolute atomic E-state index is 0.765. The summed E-state index contributed by atoms with van der Waals surface area (Å²) in [5.41, 5.74) is 1.14. The van der Waals surface area contributed by atoms with E-state index in [0.717, 1.165) is 23.6 Å². The molecule has 1 aromatic carbocycles. The number of benzene rings is 1. The lowest BCUT2D eigenvalue weighted by Gasteiger charge is -1.98. The van der Waals surface area contributed by atoms with Crippen LogP contribution >= 0.6 is 11.3 Å². The maximum Gasteiger partial charge on any atom is 0.134 e. The van der Waals surface area contributed by atoms with Crippen LogP contribution in [-0.4, -0.2) is 7.05 Å². The third-order valence-electron chi connectivity index (χ3n) is 2.75. The number of fused-ring (bicyclic) bond motifs is 1. The second-order valence-electron chi connectivity index (χ2n) is 3.97. The van der Waals surface area contributed by atoms with Crippen molar-refractivity contribution in [1.82, 2.24) is 5.32 Å². The van der Waals surface area contributed by atoms with Gasteiger partial charge in [0.1, 0.15) is 11.5 Å². The highest BCUT2D eigenvalue weighted by Gasteiger charge is 2.05. The van der Waals surface area contributed by atoms with Gasteiger partial charge in [0.05, 0.1) is 6.54 Å². The van der Waals surface area contributed by atoms with Gasteiger partial charge in [-0.05, 0) is 54.2 Å². The summed E-state index contributed by atoms with van der Waals surface area (Å²) in [6.07, 6.45) is 0. The van der Waals surface area contributed by atoms with Crippen molar-refractivity contribution >= 4 is 21.4 Å². The fraction of sp³-hybridized carbons (Fsp3) is 0.143. The number of thiophene rings is 1. The lowest BCUT2D eigenvalue weighted by Crippen LogP contribution is -2.03. The van der Waals surface area contributed by atoms with E-state index in [1.54, 1.807) is 11.3 Å². The fourth-order valence-electron chi connectivity index (χ4n) is 1.92. The number of furan rings is 1. The number of rotatable bonds is 3. The summed E-state index contributed by atoms with van der Waals surface area (Å²) in [7, 11) is 1.92. The van der Waals surface area contributed by atoms with E-state index in [2.05, 4.69) is 35.0 Å². The van der Waals surface area contributed by atoms with Gasteiger partial charge in [-0.25, -0.2) is 0 Å². The molecule has 2 heterocycles. The minimum atomic E-state index is 0.765. The molecule has 2 nitrogen and oxygen atoms in total. The van der Waals surface area contributed by atoms with E-state index in [1.807, 2.05) is 19.2 Å². The van der Waals surface area contributed by atoms with Crippen LogP contribution in [0.15, 0.2) is 46.2 Å². The van der Waals surface area contributed by atoms with Gasteiger partial charge in [0.15, 0.2) is 0 Å². The Labute approximate surface area is 104 Å². The van der Waals surface area contributed by atoms with Crippen molar-refractivity contribution in [3.05, 3.63) is 47.5 Å². The second-order valence-corrected chi connectivity index (χ2v) is 4.92. The molecule has 0 saturated heterocycles. The zero-order chi connectivity index (χ0) is 11.7. The zero-order valence-electron chi connectivity index (χ0n) is 9.57. The van der Waals surface area contributed by atoms with Gasteiger partial charge in [-0.1, -0.05) is 0 Å². The molecule has 1 N–H and O–H groups in total. The predicted molar refractivity (Wildman–Crippen MR) is 72.3 cm³/mol. The molecule has 0 radical (unpaired) electrons. The Kier molecular flexibility index (Phi) is 2.71. The molecular weight excluding hydrogens is 230 g/mol. The molecule has 3 rings (SSSR count). The van der Waals surface area contributed by atoms with Gasteiger partial charge in [-0.2, -0.15) is 0 Å². The molecule has 3 heteroatoms. The summed E-state index contributed by atoms with van der Waals surface area (Å²) in [5.74, 6) is 1.90. The van der Waals surface area contributed by atoms with Crippen LogP contribution < -0.4 is 5.32 Å². The number of hydrogen-bond acceptors (Lipinski definition) is 3. The van der Waals surface area contributed by atoms with E-state index in [0.29, 0.717) is 0 Å². The Morgan fingerprint density at radius 3 is 3.00 bits per heavy atom.